The summed E-state index contributed by atoms with van der Waals surface area (Å²) in [5.41, 5.74) is 2.18. The van der Waals surface area contributed by atoms with Gasteiger partial charge in [-0.2, -0.15) is 0 Å². The summed E-state index contributed by atoms with van der Waals surface area (Å²) >= 11 is 0. The summed E-state index contributed by atoms with van der Waals surface area (Å²) < 4.78 is 0. The van der Waals surface area contributed by atoms with Gasteiger partial charge in [0.05, 0.1) is 6.04 Å². The summed E-state index contributed by atoms with van der Waals surface area (Å²) in [6.45, 7) is 11.0. The van der Waals surface area contributed by atoms with Crippen LogP contribution in [0.15, 0.2) is 24.3 Å². The molecule has 3 nitrogen and oxygen atoms in total. The SMILES string of the molecule is CC[C@H](C)c1ccccc1NC(=O)[C@H](C)N[C@@H]1CCC[C@H](C)[C@@H]1C. The Morgan fingerprint density at radius 3 is 2.62 bits per heavy atom. The van der Waals surface area contributed by atoms with Gasteiger partial charge in [-0.25, -0.2) is 0 Å². The zero-order valence-corrected chi connectivity index (χ0v) is 15.9. The van der Waals surface area contributed by atoms with Gasteiger partial charge in [0.1, 0.15) is 0 Å². The van der Waals surface area contributed by atoms with E-state index in [4.69, 9.17) is 0 Å². The van der Waals surface area contributed by atoms with Crippen LogP contribution in [0, 0.1) is 11.8 Å². The molecule has 0 radical (unpaired) electrons. The topological polar surface area (TPSA) is 41.1 Å². The molecule has 0 saturated heterocycles. The molecule has 3 heteroatoms. The van der Waals surface area contributed by atoms with Crippen LogP contribution in [0.1, 0.15) is 71.8 Å². The van der Waals surface area contributed by atoms with Gasteiger partial charge in [-0.3, -0.25) is 4.79 Å². The molecule has 1 aromatic carbocycles. The van der Waals surface area contributed by atoms with E-state index in [0.29, 0.717) is 17.9 Å². The molecule has 1 aliphatic rings. The smallest absolute Gasteiger partial charge is 0.241 e. The van der Waals surface area contributed by atoms with Gasteiger partial charge in [0, 0.05) is 11.7 Å². The summed E-state index contributed by atoms with van der Waals surface area (Å²) in [6.07, 6.45) is 4.81. The first-order chi connectivity index (χ1) is 11.4. The number of hydrogen-bond donors (Lipinski definition) is 2. The van der Waals surface area contributed by atoms with Crippen molar-refractivity contribution in [3.8, 4) is 0 Å². The van der Waals surface area contributed by atoms with Gasteiger partial charge in [0.2, 0.25) is 5.91 Å². The molecule has 0 bridgehead atoms. The maximum Gasteiger partial charge on any atom is 0.241 e. The minimum atomic E-state index is -0.173. The summed E-state index contributed by atoms with van der Waals surface area (Å²) in [6, 6.07) is 8.44. The lowest BCUT2D eigenvalue weighted by atomic mass is 9.78. The fraction of sp³-hybridized carbons (Fsp3) is 0.667. The van der Waals surface area contributed by atoms with Crippen molar-refractivity contribution >= 4 is 11.6 Å². The highest BCUT2D eigenvalue weighted by Gasteiger charge is 2.29. The van der Waals surface area contributed by atoms with Gasteiger partial charge in [-0.05, 0) is 49.1 Å². The van der Waals surface area contributed by atoms with Crippen molar-refractivity contribution in [2.75, 3.05) is 5.32 Å². The maximum absolute atomic E-state index is 12.7. The Kier molecular flexibility index (Phi) is 6.85. The van der Waals surface area contributed by atoms with Crippen molar-refractivity contribution in [1.29, 1.82) is 0 Å². The Balaban J connectivity index is 1.99. The minimum Gasteiger partial charge on any atom is -0.324 e. The lowest BCUT2D eigenvalue weighted by Crippen LogP contribution is -2.49. The quantitative estimate of drug-likeness (QED) is 0.775. The van der Waals surface area contributed by atoms with E-state index in [9.17, 15) is 4.79 Å². The number of anilines is 1. The zero-order chi connectivity index (χ0) is 17.7. The second-order valence-electron chi connectivity index (χ2n) is 7.65. The third kappa shape index (κ3) is 4.60. The van der Waals surface area contributed by atoms with Crippen molar-refractivity contribution in [1.82, 2.24) is 5.32 Å². The molecule has 0 unspecified atom stereocenters. The average Bonchev–Trinajstić information content (AvgIpc) is 2.58. The molecule has 24 heavy (non-hydrogen) atoms. The average molecular weight is 331 g/mol. The van der Waals surface area contributed by atoms with Crippen LogP contribution in [0.4, 0.5) is 5.69 Å². The van der Waals surface area contributed by atoms with Crippen LogP contribution < -0.4 is 10.6 Å². The van der Waals surface area contributed by atoms with Gasteiger partial charge in [0.15, 0.2) is 0 Å². The molecule has 1 aliphatic carbocycles. The number of hydrogen-bond acceptors (Lipinski definition) is 2. The second-order valence-corrected chi connectivity index (χ2v) is 7.65. The predicted molar refractivity (Wildman–Crippen MR) is 102 cm³/mol. The van der Waals surface area contributed by atoms with Crippen LogP contribution in [0.5, 0.6) is 0 Å². The van der Waals surface area contributed by atoms with E-state index in [0.717, 1.165) is 18.0 Å². The Hall–Kier alpha value is -1.35. The number of nitrogens with one attached hydrogen (secondary N) is 2. The van der Waals surface area contributed by atoms with Gasteiger partial charge >= 0.3 is 0 Å². The van der Waals surface area contributed by atoms with Gasteiger partial charge in [-0.1, -0.05) is 58.7 Å². The highest BCUT2D eigenvalue weighted by atomic mass is 16.2. The highest BCUT2D eigenvalue weighted by Crippen LogP contribution is 2.30. The number of para-hydroxylation sites is 1. The van der Waals surface area contributed by atoms with Gasteiger partial charge in [0.25, 0.3) is 0 Å². The van der Waals surface area contributed by atoms with E-state index in [1.807, 2.05) is 25.1 Å². The summed E-state index contributed by atoms with van der Waals surface area (Å²) in [5, 5.41) is 6.71. The number of amides is 1. The van der Waals surface area contributed by atoms with Crippen LogP contribution in [-0.2, 0) is 4.79 Å². The fourth-order valence-corrected chi connectivity index (χ4v) is 3.72. The van der Waals surface area contributed by atoms with Crippen molar-refractivity contribution in [2.24, 2.45) is 11.8 Å². The van der Waals surface area contributed by atoms with Crippen LogP contribution >= 0.6 is 0 Å². The molecule has 1 aromatic rings. The number of rotatable bonds is 6. The first-order valence-electron chi connectivity index (χ1n) is 9.59. The molecule has 134 valence electrons. The van der Waals surface area contributed by atoms with E-state index in [1.165, 1.54) is 24.8 Å². The van der Waals surface area contributed by atoms with Gasteiger partial charge < -0.3 is 10.6 Å². The summed E-state index contributed by atoms with van der Waals surface area (Å²) in [5.74, 6) is 1.87. The minimum absolute atomic E-state index is 0.0659. The third-order valence-corrected chi connectivity index (χ3v) is 5.93. The van der Waals surface area contributed by atoms with Gasteiger partial charge in [-0.15, -0.1) is 0 Å². The van der Waals surface area contributed by atoms with Crippen molar-refractivity contribution in [3.63, 3.8) is 0 Å². The monoisotopic (exact) mass is 330 g/mol. The molecule has 2 rings (SSSR count). The molecule has 5 atom stereocenters. The molecule has 0 heterocycles. The lowest BCUT2D eigenvalue weighted by molar-refractivity contribution is -0.118. The molecule has 2 N–H and O–H groups in total. The fourth-order valence-electron chi connectivity index (χ4n) is 3.72. The van der Waals surface area contributed by atoms with E-state index in [1.54, 1.807) is 0 Å². The Bertz CT molecular complexity index is 542. The molecule has 0 spiro atoms. The molecule has 0 aliphatic heterocycles. The Morgan fingerprint density at radius 2 is 1.92 bits per heavy atom. The molecule has 1 saturated carbocycles. The molecule has 1 amide bonds. The summed E-state index contributed by atoms with van der Waals surface area (Å²) in [4.78, 5) is 12.7. The van der Waals surface area contributed by atoms with E-state index >= 15 is 0 Å². The maximum atomic E-state index is 12.7. The van der Waals surface area contributed by atoms with Crippen LogP contribution in [0.25, 0.3) is 0 Å². The third-order valence-electron chi connectivity index (χ3n) is 5.93. The Morgan fingerprint density at radius 1 is 1.21 bits per heavy atom. The molecular weight excluding hydrogens is 296 g/mol. The first-order valence-corrected chi connectivity index (χ1v) is 9.59. The normalized spacial score (nSPS) is 26.6. The van der Waals surface area contributed by atoms with E-state index < -0.39 is 0 Å². The van der Waals surface area contributed by atoms with Crippen LogP contribution in [0.2, 0.25) is 0 Å². The van der Waals surface area contributed by atoms with Crippen molar-refractivity contribution in [3.05, 3.63) is 29.8 Å². The number of carbonyl (C=O) groups is 1. The lowest BCUT2D eigenvalue weighted by Gasteiger charge is -2.36. The zero-order valence-electron chi connectivity index (χ0n) is 15.9. The first kappa shape index (κ1) is 19.0. The van der Waals surface area contributed by atoms with Crippen LogP contribution in [0.3, 0.4) is 0 Å². The van der Waals surface area contributed by atoms with E-state index in [2.05, 4.69) is 44.4 Å². The van der Waals surface area contributed by atoms with E-state index in [-0.39, 0.29) is 11.9 Å². The van der Waals surface area contributed by atoms with Crippen molar-refractivity contribution in [2.45, 2.75) is 78.3 Å². The standard InChI is InChI=1S/C21H34N2O/c1-6-14(2)18-11-7-8-12-20(18)23-21(24)17(5)22-19-13-9-10-15(3)16(19)4/h7-8,11-12,14-17,19,22H,6,9-10,13H2,1-5H3,(H,23,24)/t14-,15-,16-,17-,19+/m0/s1. The predicted octanol–water partition coefficient (Wildman–Crippen LogP) is 4.94. The van der Waals surface area contributed by atoms with Crippen molar-refractivity contribution < 1.29 is 4.79 Å². The Labute approximate surface area is 147 Å². The number of benzene rings is 1. The molecule has 0 aromatic heterocycles. The second kappa shape index (κ2) is 8.66. The highest BCUT2D eigenvalue weighted by molar-refractivity contribution is 5.95. The molecular formula is C21H34N2O. The molecule has 1 fully saturated rings. The van der Waals surface area contributed by atoms with Crippen LogP contribution in [-0.4, -0.2) is 18.0 Å². The summed E-state index contributed by atoms with van der Waals surface area (Å²) in [7, 11) is 0. The number of carbonyl (C=O) groups excluding carboxylic acids is 1. The largest absolute Gasteiger partial charge is 0.324 e.